The molecule has 0 saturated carbocycles. The number of amides is 1. The Morgan fingerprint density at radius 2 is 1.61 bits per heavy atom. The Kier molecular flexibility index (Phi) is 3.75. The number of benzene rings is 2. The Morgan fingerprint density at radius 3 is 2.22 bits per heavy atom. The molecule has 2 aromatic carbocycles. The molecule has 0 heterocycles. The maximum atomic E-state index is 11.3. The minimum atomic E-state index is -0.513. The van der Waals surface area contributed by atoms with Crippen molar-refractivity contribution in [2.24, 2.45) is 5.73 Å². The fourth-order valence-electron chi connectivity index (χ4n) is 1.56. The van der Waals surface area contributed by atoms with E-state index in [0.717, 1.165) is 0 Å². The molecule has 92 valence electrons. The molecule has 2 rings (SSSR count). The molecule has 0 radical (unpaired) electrons. The number of hydrogen-bond donors (Lipinski definition) is 2. The second-order valence-electron chi connectivity index (χ2n) is 3.63. The van der Waals surface area contributed by atoms with Crippen LogP contribution in [0.2, 0.25) is 10.0 Å². The molecule has 0 aliphatic carbocycles. The van der Waals surface area contributed by atoms with Crippen LogP contribution >= 0.6 is 23.2 Å². The molecule has 0 fully saturated rings. The number of hydrogen-bond acceptors (Lipinski definition) is 2. The maximum Gasteiger partial charge on any atom is 0.250 e. The summed E-state index contributed by atoms with van der Waals surface area (Å²) in [6, 6.07) is 12.1. The Balaban J connectivity index is 2.43. The Bertz CT molecular complexity index is 579. The first-order valence-electron chi connectivity index (χ1n) is 5.19. The molecule has 1 amide bonds. The first kappa shape index (κ1) is 12.7. The summed E-state index contributed by atoms with van der Waals surface area (Å²) in [5, 5.41) is 3.97. The molecule has 0 aromatic heterocycles. The monoisotopic (exact) mass is 280 g/mol. The number of carbonyl (C=O) groups is 1. The molecular weight excluding hydrogens is 271 g/mol. The zero-order valence-electron chi connectivity index (χ0n) is 9.28. The minimum absolute atomic E-state index is 0.383. The van der Waals surface area contributed by atoms with E-state index in [0.29, 0.717) is 27.0 Å². The van der Waals surface area contributed by atoms with Crippen LogP contribution in [0.15, 0.2) is 42.5 Å². The zero-order chi connectivity index (χ0) is 13.1. The summed E-state index contributed by atoms with van der Waals surface area (Å²) < 4.78 is 0. The molecule has 2 aromatic rings. The predicted octanol–water partition coefficient (Wildman–Crippen LogP) is 3.84. The molecule has 3 nitrogen and oxygen atoms in total. The molecule has 0 atom stereocenters. The van der Waals surface area contributed by atoms with Crippen LogP contribution in [0.5, 0.6) is 0 Å². The quantitative estimate of drug-likeness (QED) is 0.898. The van der Waals surface area contributed by atoms with E-state index in [1.54, 1.807) is 42.5 Å². The summed E-state index contributed by atoms with van der Waals surface area (Å²) in [6.07, 6.45) is 0. The third-order valence-electron chi connectivity index (χ3n) is 2.41. The third kappa shape index (κ3) is 2.58. The van der Waals surface area contributed by atoms with Crippen molar-refractivity contribution in [2.75, 3.05) is 5.32 Å². The Hall–Kier alpha value is -1.71. The summed E-state index contributed by atoms with van der Waals surface area (Å²) in [7, 11) is 0. The van der Waals surface area contributed by atoms with Gasteiger partial charge in [0.1, 0.15) is 0 Å². The van der Waals surface area contributed by atoms with Crippen LogP contribution in [-0.4, -0.2) is 5.91 Å². The summed E-state index contributed by atoms with van der Waals surface area (Å²) in [6.45, 7) is 0. The lowest BCUT2D eigenvalue weighted by atomic mass is 10.1. The summed E-state index contributed by atoms with van der Waals surface area (Å²) in [4.78, 5) is 11.3. The molecule has 5 heteroatoms. The van der Waals surface area contributed by atoms with Gasteiger partial charge < -0.3 is 11.1 Å². The van der Waals surface area contributed by atoms with Gasteiger partial charge in [-0.1, -0.05) is 41.4 Å². The van der Waals surface area contributed by atoms with E-state index in [2.05, 4.69) is 5.32 Å². The van der Waals surface area contributed by atoms with Gasteiger partial charge >= 0.3 is 0 Å². The molecule has 0 aliphatic rings. The summed E-state index contributed by atoms with van der Waals surface area (Å²) >= 11 is 12.1. The minimum Gasteiger partial charge on any atom is -0.366 e. The molecular formula is C13H10Cl2N2O. The van der Waals surface area contributed by atoms with Crippen molar-refractivity contribution < 1.29 is 4.79 Å². The largest absolute Gasteiger partial charge is 0.366 e. The van der Waals surface area contributed by atoms with Crippen LogP contribution in [0.1, 0.15) is 10.4 Å². The molecule has 0 spiro atoms. The van der Waals surface area contributed by atoms with Gasteiger partial charge in [0.05, 0.1) is 27.0 Å². The van der Waals surface area contributed by atoms with E-state index in [-0.39, 0.29) is 0 Å². The molecule has 0 saturated heterocycles. The van der Waals surface area contributed by atoms with Gasteiger partial charge in [-0.15, -0.1) is 0 Å². The SMILES string of the molecule is NC(=O)c1ccccc1Nc1c(Cl)cccc1Cl. The second kappa shape index (κ2) is 5.29. The van der Waals surface area contributed by atoms with Gasteiger partial charge in [0, 0.05) is 0 Å². The highest BCUT2D eigenvalue weighted by Crippen LogP contribution is 2.33. The van der Waals surface area contributed by atoms with Gasteiger partial charge in [-0.2, -0.15) is 0 Å². The van der Waals surface area contributed by atoms with Gasteiger partial charge in [0.25, 0.3) is 5.91 Å². The van der Waals surface area contributed by atoms with Crippen LogP contribution in [0.4, 0.5) is 11.4 Å². The van der Waals surface area contributed by atoms with Crippen LogP contribution in [0.25, 0.3) is 0 Å². The number of rotatable bonds is 3. The number of carbonyl (C=O) groups excluding carboxylic acids is 1. The molecule has 0 aliphatic heterocycles. The van der Waals surface area contributed by atoms with Crippen molar-refractivity contribution >= 4 is 40.5 Å². The second-order valence-corrected chi connectivity index (χ2v) is 4.45. The van der Waals surface area contributed by atoms with Crippen molar-refractivity contribution in [3.05, 3.63) is 58.1 Å². The van der Waals surface area contributed by atoms with E-state index in [1.165, 1.54) is 0 Å². The number of anilines is 2. The zero-order valence-corrected chi connectivity index (χ0v) is 10.8. The van der Waals surface area contributed by atoms with Crippen LogP contribution in [0.3, 0.4) is 0 Å². The van der Waals surface area contributed by atoms with E-state index < -0.39 is 5.91 Å². The highest BCUT2D eigenvalue weighted by molar-refractivity contribution is 6.39. The lowest BCUT2D eigenvalue weighted by molar-refractivity contribution is 0.100. The fraction of sp³-hybridized carbons (Fsp3) is 0. The topological polar surface area (TPSA) is 55.1 Å². The maximum absolute atomic E-state index is 11.3. The number of halogens is 2. The van der Waals surface area contributed by atoms with Crippen LogP contribution in [0, 0.1) is 0 Å². The lowest BCUT2D eigenvalue weighted by Crippen LogP contribution is -2.13. The van der Waals surface area contributed by atoms with Gasteiger partial charge in [-0.25, -0.2) is 0 Å². The molecule has 0 bridgehead atoms. The molecule has 3 N–H and O–H groups in total. The number of para-hydroxylation sites is 2. The van der Waals surface area contributed by atoms with Gasteiger partial charge in [-0.3, -0.25) is 4.79 Å². The molecule has 18 heavy (non-hydrogen) atoms. The van der Waals surface area contributed by atoms with E-state index in [1.807, 2.05) is 0 Å². The highest BCUT2D eigenvalue weighted by Gasteiger charge is 2.10. The average Bonchev–Trinajstić information content (AvgIpc) is 2.34. The van der Waals surface area contributed by atoms with Crippen molar-refractivity contribution in [3.63, 3.8) is 0 Å². The normalized spacial score (nSPS) is 10.1. The standard InChI is InChI=1S/C13H10Cl2N2O/c14-9-5-3-6-10(15)12(9)17-11-7-2-1-4-8(11)13(16)18/h1-7,17H,(H2,16,18). The van der Waals surface area contributed by atoms with Crippen molar-refractivity contribution in [2.45, 2.75) is 0 Å². The van der Waals surface area contributed by atoms with Gasteiger partial charge in [-0.05, 0) is 24.3 Å². The first-order chi connectivity index (χ1) is 8.59. The lowest BCUT2D eigenvalue weighted by Gasteiger charge is -2.12. The summed E-state index contributed by atoms with van der Waals surface area (Å²) in [5.41, 5.74) is 6.80. The average molecular weight is 281 g/mol. The first-order valence-corrected chi connectivity index (χ1v) is 5.95. The number of nitrogens with two attached hydrogens (primary N) is 1. The van der Waals surface area contributed by atoms with E-state index >= 15 is 0 Å². The van der Waals surface area contributed by atoms with Crippen LogP contribution < -0.4 is 11.1 Å². The van der Waals surface area contributed by atoms with Gasteiger partial charge in [0.2, 0.25) is 0 Å². The van der Waals surface area contributed by atoms with Crippen molar-refractivity contribution in [3.8, 4) is 0 Å². The Morgan fingerprint density at radius 1 is 1.00 bits per heavy atom. The third-order valence-corrected chi connectivity index (χ3v) is 3.04. The predicted molar refractivity (Wildman–Crippen MR) is 74.7 cm³/mol. The van der Waals surface area contributed by atoms with Gasteiger partial charge in [0.15, 0.2) is 0 Å². The Labute approximate surface area is 115 Å². The smallest absolute Gasteiger partial charge is 0.250 e. The number of primary amides is 1. The molecule has 0 unspecified atom stereocenters. The van der Waals surface area contributed by atoms with E-state index in [9.17, 15) is 4.79 Å². The van der Waals surface area contributed by atoms with Crippen molar-refractivity contribution in [1.29, 1.82) is 0 Å². The van der Waals surface area contributed by atoms with Crippen LogP contribution in [-0.2, 0) is 0 Å². The van der Waals surface area contributed by atoms with E-state index in [4.69, 9.17) is 28.9 Å². The summed E-state index contributed by atoms with van der Waals surface area (Å²) in [5.74, 6) is -0.513. The highest BCUT2D eigenvalue weighted by atomic mass is 35.5. The fourth-order valence-corrected chi connectivity index (χ4v) is 2.05. The number of nitrogens with one attached hydrogen (secondary N) is 1. The van der Waals surface area contributed by atoms with Crippen molar-refractivity contribution in [1.82, 2.24) is 0 Å².